The molecule has 6 heteroatoms. The average molecular weight is 213 g/mol. The number of aliphatic hydroxyl groups excluding tert-OH is 2. The molecule has 0 fully saturated rings. The summed E-state index contributed by atoms with van der Waals surface area (Å²) in [6.07, 6.45) is 0.574. The molecule has 0 saturated carbocycles. The summed E-state index contributed by atoms with van der Waals surface area (Å²) in [5.41, 5.74) is 0.769. The van der Waals surface area contributed by atoms with Crippen molar-refractivity contribution >= 4 is 5.82 Å². The first-order valence-corrected chi connectivity index (χ1v) is 4.57. The largest absolute Gasteiger partial charge is 0.481 e. The second kappa shape index (κ2) is 5.47. The lowest BCUT2D eigenvalue weighted by molar-refractivity contribution is 0.105. The minimum atomic E-state index is -0.801. The third kappa shape index (κ3) is 3.03. The lowest BCUT2D eigenvalue weighted by Gasteiger charge is -2.12. The van der Waals surface area contributed by atoms with Crippen molar-refractivity contribution in [3.63, 3.8) is 0 Å². The van der Waals surface area contributed by atoms with E-state index in [0.29, 0.717) is 11.7 Å². The van der Waals surface area contributed by atoms with E-state index in [1.807, 2.05) is 6.92 Å². The number of hydrogen-bond donors (Lipinski definition) is 3. The maximum Gasteiger partial charge on any atom is 0.221 e. The minimum absolute atomic E-state index is 0.234. The first-order valence-electron chi connectivity index (χ1n) is 4.57. The number of aliphatic hydroxyl groups is 2. The van der Waals surface area contributed by atoms with Gasteiger partial charge in [-0.15, -0.1) is 0 Å². The number of anilines is 1. The van der Waals surface area contributed by atoms with Gasteiger partial charge in [0.25, 0.3) is 0 Å². The molecule has 84 valence electrons. The highest BCUT2D eigenvalue weighted by Gasteiger charge is 2.08. The Morgan fingerprint density at radius 3 is 2.87 bits per heavy atom. The SMILES string of the molecule is COc1ncnc(NCC(O)CO)c1C. The van der Waals surface area contributed by atoms with Crippen LogP contribution in [0.3, 0.4) is 0 Å². The predicted molar refractivity (Wildman–Crippen MR) is 54.9 cm³/mol. The Labute approximate surface area is 87.9 Å². The normalized spacial score (nSPS) is 12.3. The first kappa shape index (κ1) is 11.7. The lowest BCUT2D eigenvalue weighted by Crippen LogP contribution is -2.23. The average Bonchev–Trinajstić information content (AvgIpc) is 2.27. The summed E-state index contributed by atoms with van der Waals surface area (Å²) in [5, 5.41) is 20.7. The molecular formula is C9H15N3O3. The molecule has 1 aromatic rings. The summed E-state index contributed by atoms with van der Waals surface area (Å²) in [7, 11) is 1.53. The zero-order chi connectivity index (χ0) is 11.3. The van der Waals surface area contributed by atoms with Crippen molar-refractivity contribution in [1.29, 1.82) is 0 Å². The monoisotopic (exact) mass is 213 g/mol. The zero-order valence-corrected chi connectivity index (χ0v) is 8.77. The molecular weight excluding hydrogens is 198 g/mol. The summed E-state index contributed by atoms with van der Waals surface area (Å²) in [6, 6.07) is 0. The molecule has 0 aliphatic rings. The van der Waals surface area contributed by atoms with E-state index in [4.69, 9.17) is 14.9 Å². The fourth-order valence-corrected chi connectivity index (χ4v) is 1.10. The lowest BCUT2D eigenvalue weighted by atomic mass is 10.3. The predicted octanol–water partition coefficient (Wildman–Crippen LogP) is -0.441. The summed E-state index contributed by atoms with van der Waals surface area (Å²) in [6.45, 7) is 1.76. The van der Waals surface area contributed by atoms with Crippen molar-refractivity contribution < 1.29 is 14.9 Å². The molecule has 0 aromatic carbocycles. The van der Waals surface area contributed by atoms with Gasteiger partial charge in [0.1, 0.15) is 12.1 Å². The Bertz CT molecular complexity index is 319. The number of rotatable bonds is 5. The Hall–Kier alpha value is -1.40. The van der Waals surface area contributed by atoms with Crippen LogP contribution in [0.1, 0.15) is 5.56 Å². The third-order valence-corrected chi connectivity index (χ3v) is 1.95. The van der Waals surface area contributed by atoms with Crippen LogP contribution in [0, 0.1) is 6.92 Å². The number of aromatic nitrogens is 2. The van der Waals surface area contributed by atoms with Crippen molar-refractivity contribution in [2.45, 2.75) is 13.0 Å². The molecule has 0 aliphatic carbocycles. The molecule has 1 unspecified atom stereocenters. The summed E-state index contributed by atoms with van der Waals surface area (Å²) in [5.74, 6) is 1.08. The molecule has 1 atom stereocenters. The van der Waals surface area contributed by atoms with Crippen molar-refractivity contribution in [3.05, 3.63) is 11.9 Å². The molecule has 0 radical (unpaired) electrons. The molecule has 0 saturated heterocycles. The minimum Gasteiger partial charge on any atom is -0.481 e. The highest BCUT2D eigenvalue weighted by Crippen LogP contribution is 2.19. The van der Waals surface area contributed by atoms with Gasteiger partial charge in [-0.25, -0.2) is 9.97 Å². The van der Waals surface area contributed by atoms with Crippen molar-refractivity contribution in [2.24, 2.45) is 0 Å². The molecule has 15 heavy (non-hydrogen) atoms. The highest BCUT2D eigenvalue weighted by atomic mass is 16.5. The van der Waals surface area contributed by atoms with Crippen LogP contribution in [0.15, 0.2) is 6.33 Å². The van der Waals surface area contributed by atoms with E-state index in [-0.39, 0.29) is 13.2 Å². The molecule has 6 nitrogen and oxygen atoms in total. The standard InChI is InChI=1S/C9H15N3O3/c1-6-8(10-3-7(14)4-13)11-5-12-9(6)15-2/h5,7,13-14H,3-4H2,1-2H3,(H,10,11,12). The molecule has 0 aliphatic heterocycles. The Morgan fingerprint density at radius 1 is 1.53 bits per heavy atom. The van der Waals surface area contributed by atoms with E-state index in [0.717, 1.165) is 5.56 Å². The van der Waals surface area contributed by atoms with Crippen LogP contribution in [0.4, 0.5) is 5.82 Å². The molecule has 0 bridgehead atoms. The summed E-state index contributed by atoms with van der Waals surface area (Å²) in [4.78, 5) is 7.92. The number of methoxy groups -OCH3 is 1. The number of nitrogens with zero attached hydrogens (tertiary/aromatic N) is 2. The zero-order valence-electron chi connectivity index (χ0n) is 8.77. The van der Waals surface area contributed by atoms with E-state index in [1.165, 1.54) is 13.4 Å². The number of nitrogens with one attached hydrogen (secondary N) is 1. The van der Waals surface area contributed by atoms with Gasteiger partial charge in [-0.1, -0.05) is 0 Å². The summed E-state index contributed by atoms with van der Waals surface area (Å²) >= 11 is 0. The van der Waals surface area contributed by atoms with Crippen LogP contribution < -0.4 is 10.1 Å². The number of hydrogen-bond acceptors (Lipinski definition) is 6. The van der Waals surface area contributed by atoms with Gasteiger partial charge in [0.15, 0.2) is 0 Å². The van der Waals surface area contributed by atoms with Crippen molar-refractivity contribution in [3.8, 4) is 5.88 Å². The Morgan fingerprint density at radius 2 is 2.27 bits per heavy atom. The van der Waals surface area contributed by atoms with E-state index < -0.39 is 6.10 Å². The van der Waals surface area contributed by atoms with Gasteiger partial charge in [0.2, 0.25) is 5.88 Å². The fraction of sp³-hybridized carbons (Fsp3) is 0.556. The fourth-order valence-electron chi connectivity index (χ4n) is 1.10. The van der Waals surface area contributed by atoms with Gasteiger partial charge in [-0.3, -0.25) is 0 Å². The molecule has 0 amide bonds. The second-order valence-corrected chi connectivity index (χ2v) is 3.07. The Balaban J connectivity index is 2.68. The van der Waals surface area contributed by atoms with Crippen LogP contribution in [0.5, 0.6) is 5.88 Å². The molecule has 1 heterocycles. The first-order chi connectivity index (χ1) is 7.19. The Kier molecular flexibility index (Phi) is 4.26. The highest BCUT2D eigenvalue weighted by molar-refractivity contribution is 5.47. The van der Waals surface area contributed by atoms with Crippen LogP contribution in [0.2, 0.25) is 0 Å². The van der Waals surface area contributed by atoms with Gasteiger partial charge < -0.3 is 20.3 Å². The van der Waals surface area contributed by atoms with Crippen molar-refractivity contribution in [2.75, 3.05) is 25.6 Å². The molecule has 0 spiro atoms. The molecule has 3 N–H and O–H groups in total. The maximum absolute atomic E-state index is 9.15. The molecule has 1 aromatic heterocycles. The van der Waals surface area contributed by atoms with Gasteiger partial charge in [0, 0.05) is 6.54 Å². The topological polar surface area (TPSA) is 87.5 Å². The van der Waals surface area contributed by atoms with Gasteiger partial charge in [0.05, 0.1) is 25.4 Å². The van der Waals surface area contributed by atoms with Crippen LogP contribution in [-0.4, -0.2) is 46.5 Å². The van der Waals surface area contributed by atoms with Crippen LogP contribution in [0.25, 0.3) is 0 Å². The third-order valence-electron chi connectivity index (χ3n) is 1.95. The second-order valence-electron chi connectivity index (χ2n) is 3.07. The van der Waals surface area contributed by atoms with Crippen LogP contribution in [-0.2, 0) is 0 Å². The molecule has 1 rings (SSSR count). The van der Waals surface area contributed by atoms with Crippen LogP contribution >= 0.6 is 0 Å². The van der Waals surface area contributed by atoms with E-state index in [2.05, 4.69) is 15.3 Å². The summed E-state index contributed by atoms with van der Waals surface area (Å²) < 4.78 is 5.02. The smallest absolute Gasteiger partial charge is 0.221 e. The van der Waals surface area contributed by atoms with Crippen molar-refractivity contribution in [1.82, 2.24) is 9.97 Å². The van der Waals surface area contributed by atoms with Gasteiger partial charge >= 0.3 is 0 Å². The van der Waals surface area contributed by atoms with Gasteiger partial charge in [-0.05, 0) is 6.92 Å². The quantitative estimate of drug-likeness (QED) is 0.614. The van der Waals surface area contributed by atoms with E-state index in [9.17, 15) is 0 Å². The maximum atomic E-state index is 9.15. The van der Waals surface area contributed by atoms with Gasteiger partial charge in [-0.2, -0.15) is 0 Å². The van der Waals surface area contributed by atoms with E-state index >= 15 is 0 Å². The van der Waals surface area contributed by atoms with E-state index in [1.54, 1.807) is 0 Å². The number of ether oxygens (including phenoxy) is 1.